The molecule has 0 unspecified atom stereocenters. The van der Waals surface area contributed by atoms with E-state index in [1.54, 1.807) is 23.9 Å². The van der Waals surface area contributed by atoms with Gasteiger partial charge in [-0.1, -0.05) is 30.8 Å². The molecule has 0 aliphatic carbocycles. The molecule has 1 N–H and O–H groups in total. The summed E-state index contributed by atoms with van der Waals surface area (Å²) in [5, 5.41) is 2.93. The minimum absolute atomic E-state index is 0.0839. The van der Waals surface area contributed by atoms with Crippen molar-refractivity contribution in [2.75, 3.05) is 18.9 Å². The lowest BCUT2D eigenvalue weighted by Gasteiger charge is -2.08. The Bertz CT molecular complexity index is 655. The van der Waals surface area contributed by atoms with Crippen LogP contribution in [0.5, 0.6) is 5.75 Å². The molecule has 0 atom stereocenters. The van der Waals surface area contributed by atoms with Crippen LogP contribution in [0.25, 0.3) is 0 Å². The minimum atomic E-state index is -0.0839. The van der Waals surface area contributed by atoms with Gasteiger partial charge in [-0.25, -0.2) is 0 Å². The molecule has 1 amide bonds. The molecule has 23 heavy (non-hydrogen) atoms. The quantitative estimate of drug-likeness (QED) is 0.449. The molecule has 2 rings (SSSR count). The number of thioether (sulfide) groups is 1. The Kier molecular flexibility index (Phi) is 6.76. The zero-order valence-electron chi connectivity index (χ0n) is 13.2. The van der Waals surface area contributed by atoms with Crippen LogP contribution in [0.15, 0.2) is 71.6 Å². The second-order valence-corrected chi connectivity index (χ2v) is 6.36. The fourth-order valence-corrected chi connectivity index (χ4v) is 2.68. The molecule has 0 radical (unpaired) electrons. The number of ether oxygens (including phenoxy) is 1. The van der Waals surface area contributed by atoms with Crippen LogP contribution in [0.1, 0.15) is 17.3 Å². The van der Waals surface area contributed by atoms with Crippen molar-refractivity contribution in [2.45, 2.75) is 11.8 Å². The van der Waals surface area contributed by atoms with E-state index in [1.165, 1.54) is 4.90 Å². The number of nitrogens with one attached hydrogen (secondary N) is 1. The number of carbonyl (C=O) groups is 1. The van der Waals surface area contributed by atoms with Crippen LogP contribution in [-0.4, -0.2) is 24.8 Å². The van der Waals surface area contributed by atoms with Crippen molar-refractivity contribution in [1.29, 1.82) is 0 Å². The summed E-state index contributed by atoms with van der Waals surface area (Å²) in [5.41, 5.74) is 1.55. The Morgan fingerprint density at radius 3 is 2.70 bits per heavy atom. The summed E-state index contributed by atoms with van der Waals surface area (Å²) in [6, 6.07) is 17.3. The average Bonchev–Trinajstić information content (AvgIpc) is 2.58. The van der Waals surface area contributed by atoms with Crippen LogP contribution < -0.4 is 10.1 Å². The van der Waals surface area contributed by atoms with Crippen LogP contribution >= 0.6 is 11.8 Å². The second-order valence-electron chi connectivity index (χ2n) is 5.19. The normalized spacial score (nSPS) is 10.1. The van der Waals surface area contributed by atoms with Gasteiger partial charge < -0.3 is 10.1 Å². The molecular weight excluding hydrogens is 306 g/mol. The molecule has 4 heteroatoms. The van der Waals surface area contributed by atoms with Crippen molar-refractivity contribution in [3.8, 4) is 5.75 Å². The van der Waals surface area contributed by atoms with E-state index in [1.807, 2.05) is 37.3 Å². The molecule has 0 aromatic heterocycles. The van der Waals surface area contributed by atoms with Gasteiger partial charge in [0.15, 0.2) is 0 Å². The van der Waals surface area contributed by atoms with Gasteiger partial charge in [-0.2, -0.15) is 0 Å². The first-order chi connectivity index (χ1) is 11.1. The SMILES string of the molecule is C=C(C)COc1cccc(C(=O)NCCSc2ccccc2)c1. The van der Waals surface area contributed by atoms with Crippen molar-refractivity contribution in [2.24, 2.45) is 0 Å². The van der Waals surface area contributed by atoms with E-state index in [9.17, 15) is 4.79 Å². The summed E-state index contributed by atoms with van der Waals surface area (Å²) in [4.78, 5) is 13.4. The van der Waals surface area contributed by atoms with Crippen molar-refractivity contribution in [3.05, 3.63) is 72.3 Å². The number of hydrogen-bond donors (Lipinski definition) is 1. The van der Waals surface area contributed by atoms with E-state index in [0.29, 0.717) is 24.5 Å². The van der Waals surface area contributed by atoms with Crippen LogP contribution in [0, 0.1) is 0 Å². The molecule has 0 heterocycles. The molecule has 120 valence electrons. The lowest BCUT2D eigenvalue weighted by molar-refractivity contribution is 0.0955. The molecule has 0 saturated carbocycles. The highest BCUT2D eigenvalue weighted by Crippen LogP contribution is 2.16. The molecule has 0 aliphatic rings. The highest BCUT2D eigenvalue weighted by atomic mass is 32.2. The molecule has 0 fully saturated rings. The van der Waals surface area contributed by atoms with Gasteiger partial charge in [0, 0.05) is 22.8 Å². The van der Waals surface area contributed by atoms with Crippen molar-refractivity contribution in [3.63, 3.8) is 0 Å². The zero-order chi connectivity index (χ0) is 16.5. The topological polar surface area (TPSA) is 38.3 Å². The Hall–Kier alpha value is -2.20. The highest BCUT2D eigenvalue weighted by Gasteiger charge is 2.06. The maximum Gasteiger partial charge on any atom is 0.251 e. The fraction of sp³-hybridized carbons (Fsp3) is 0.211. The van der Waals surface area contributed by atoms with E-state index in [4.69, 9.17) is 4.74 Å². The van der Waals surface area contributed by atoms with E-state index < -0.39 is 0 Å². The van der Waals surface area contributed by atoms with Gasteiger partial charge in [0.25, 0.3) is 5.91 Å². The maximum absolute atomic E-state index is 12.2. The monoisotopic (exact) mass is 327 g/mol. The maximum atomic E-state index is 12.2. The predicted octanol–water partition coefficient (Wildman–Crippen LogP) is 4.16. The third kappa shape index (κ3) is 6.20. The van der Waals surface area contributed by atoms with Gasteiger partial charge in [0.1, 0.15) is 12.4 Å². The third-order valence-electron chi connectivity index (χ3n) is 2.98. The van der Waals surface area contributed by atoms with Gasteiger partial charge in [0.05, 0.1) is 0 Å². The molecule has 0 spiro atoms. The lowest BCUT2D eigenvalue weighted by atomic mass is 10.2. The fourth-order valence-electron chi connectivity index (χ4n) is 1.89. The summed E-state index contributed by atoms with van der Waals surface area (Å²) in [6.45, 7) is 6.78. The summed E-state index contributed by atoms with van der Waals surface area (Å²) in [7, 11) is 0. The largest absolute Gasteiger partial charge is 0.489 e. The highest BCUT2D eigenvalue weighted by molar-refractivity contribution is 7.99. The standard InChI is InChI=1S/C19H21NO2S/c1-15(2)14-22-17-8-6-7-16(13-17)19(21)20-11-12-23-18-9-4-3-5-10-18/h3-10,13H,1,11-12,14H2,2H3,(H,20,21). The number of rotatable bonds is 8. The number of hydrogen-bond acceptors (Lipinski definition) is 3. The van der Waals surface area contributed by atoms with Gasteiger partial charge >= 0.3 is 0 Å². The van der Waals surface area contributed by atoms with Crippen LogP contribution in [0.2, 0.25) is 0 Å². The number of benzene rings is 2. The molecular formula is C19H21NO2S. The Balaban J connectivity index is 1.79. The van der Waals surface area contributed by atoms with Crippen LogP contribution in [0.4, 0.5) is 0 Å². The van der Waals surface area contributed by atoms with Crippen LogP contribution in [0.3, 0.4) is 0 Å². The predicted molar refractivity (Wildman–Crippen MR) is 96.3 cm³/mol. The average molecular weight is 327 g/mol. The first-order valence-corrected chi connectivity index (χ1v) is 8.47. The van der Waals surface area contributed by atoms with E-state index >= 15 is 0 Å². The van der Waals surface area contributed by atoms with Gasteiger partial charge in [-0.3, -0.25) is 4.79 Å². The van der Waals surface area contributed by atoms with Crippen molar-refractivity contribution >= 4 is 17.7 Å². The molecule has 3 nitrogen and oxygen atoms in total. The van der Waals surface area contributed by atoms with Gasteiger partial charge in [0.2, 0.25) is 0 Å². The molecule has 0 saturated heterocycles. The third-order valence-corrected chi connectivity index (χ3v) is 3.99. The van der Waals surface area contributed by atoms with Gasteiger partial charge in [-0.05, 0) is 42.8 Å². The summed E-state index contributed by atoms with van der Waals surface area (Å²) < 4.78 is 5.56. The molecule has 2 aromatic rings. The molecule has 0 aliphatic heterocycles. The Morgan fingerprint density at radius 1 is 1.17 bits per heavy atom. The first kappa shape index (κ1) is 17.2. The summed E-state index contributed by atoms with van der Waals surface area (Å²) >= 11 is 1.72. The number of carbonyl (C=O) groups excluding carboxylic acids is 1. The van der Waals surface area contributed by atoms with Crippen molar-refractivity contribution < 1.29 is 9.53 Å². The van der Waals surface area contributed by atoms with Crippen molar-refractivity contribution in [1.82, 2.24) is 5.32 Å². The van der Waals surface area contributed by atoms with Gasteiger partial charge in [-0.15, -0.1) is 11.8 Å². The van der Waals surface area contributed by atoms with Crippen LogP contribution in [-0.2, 0) is 0 Å². The lowest BCUT2D eigenvalue weighted by Crippen LogP contribution is -2.25. The smallest absolute Gasteiger partial charge is 0.251 e. The minimum Gasteiger partial charge on any atom is -0.489 e. The van der Waals surface area contributed by atoms with E-state index in [-0.39, 0.29) is 5.91 Å². The van der Waals surface area contributed by atoms with E-state index in [0.717, 1.165) is 11.3 Å². The first-order valence-electron chi connectivity index (χ1n) is 7.48. The Morgan fingerprint density at radius 2 is 1.96 bits per heavy atom. The Labute approximate surface area is 141 Å². The molecule has 2 aromatic carbocycles. The number of amides is 1. The summed E-state index contributed by atoms with van der Waals surface area (Å²) in [6.07, 6.45) is 0. The zero-order valence-corrected chi connectivity index (χ0v) is 14.1. The second kappa shape index (κ2) is 9.06. The van der Waals surface area contributed by atoms with E-state index in [2.05, 4.69) is 24.0 Å². The summed E-state index contributed by atoms with van der Waals surface area (Å²) in [5.74, 6) is 1.43. The molecule has 0 bridgehead atoms.